The number of esters is 1. The molecule has 2 aromatic rings. The maximum absolute atomic E-state index is 12.0. The first-order chi connectivity index (χ1) is 10.1. The van der Waals surface area contributed by atoms with E-state index in [0.29, 0.717) is 16.8 Å². The van der Waals surface area contributed by atoms with Gasteiger partial charge in [0.25, 0.3) is 0 Å². The third kappa shape index (κ3) is 4.32. The van der Waals surface area contributed by atoms with Crippen molar-refractivity contribution >= 4 is 22.5 Å². The lowest BCUT2D eigenvalue weighted by Crippen LogP contribution is -2.07. The van der Waals surface area contributed by atoms with E-state index in [4.69, 9.17) is 4.74 Å². The van der Waals surface area contributed by atoms with E-state index in [2.05, 4.69) is 4.72 Å². The summed E-state index contributed by atoms with van der Waals surface area (Å²) in [6, 6.07) is 14.0. The fraction of sp³-hybridized carbons (Fsp3) is 0.133. The van der Waals surface area contributed by atoms with Gasteiger partial charge >= 0.3 is 5.97 Å². The minimum Gasteiger partial charge on any atom is -0.457 e. The second-order valence-electron chi connectivity index (χ2n) is 4.46. The van der Waals surface area contributed by atoms with Crippen molar-refractivity contribution in [3.05, 3.63) is 65.2 Å². The van der Waals surface area contributed by atoms with E-state index in [1.807, 2.05) is 30.3 Å². The summed E-state index contributed by atoms with van der Waals surface area (Å²) >= 11 is 0. The van der Waals surface area contributed by atoms with E-state index >= 15 is 0 Å². The molecular weight excluding hydrogens is 290 g/mol. The van der Waals surface area contributed by atoms with Gasteiger partial charge in [0.15, 0.2) is 0 Å². The predicted octanol–water partition coefficient (Wildman–Crippen LogP) is 2.29. The molecule has 2 rings (SSSR count). The Labute approximate surface area is 124 Å². The second kappa shape index (κ2) is 6.90. The zero-order chi connectivity index (χ0) is 15.2. The number of hydrogen-bond donors (Lipinski definition) is 2. The largest absolute Gasteiger partial charge is 0.457 e. The van der Waals surface area contributed by atoms with Gasteiger partial charge in [-0.15, -0.1) is 0 Å². The Morgan fingerprint density at radius 2 is 1.86 bits per heavy atom. The van der Waals surface area contributed by atoms with E-state index in [9.17, 15) is 13.2 Å². The third-order valence-electron chi connectivity index (χ3n) is 2.88. The number of ether oxygens (including phenoxy) is 1. The first kappa shape index (κ1) is 15.1. The maximum Gasteiger partial charge on any atom is 0.338 e. The highest BCUT2D eigenvalue weighted by atomic mass is 32.2. The Morgan fingerprint density at radius 3 is 2.48 bits per heavy atom. The van der Waals surface area contributed by atoms with Crippen LogP contribution in [-0.2, 0) is 22.2 Å². The van der Waals surface area contributed by atoms with Crippen molar-refractivity contribution in [1.82, 2.24) is 0 Å². The number of hydrogen-bond acceptors (Lipinski definition) is 4. The zero-order valence-electron chi connectivity index (χ0n) is 11.4. The highest BCUT2D eigenvalue weighted by Gasteiger charge is 2.11. The molecule has 0 heterocycles. The lowest BCUT2D eigenvalue weighted by Gasteiger charge is -2.08. The van der Waals surface area contributed by atoms with Crippen molar-refractivity contribution in [2.75, 3.05) is 4.72 Å². The van der Waals surface area contributed by atoms with Gasteiger partial charge < -0.3 is 4.74 Å². The average molecular weight is 305 g/mol. The molecule has 0 aliphatic carbocycles. The fourth-order valence-electron chi connectivity index (χ4n) is 1.87. The van der Waals surface area contributed by atoms with Crippen LogP contribution in [0, 0.1) is 6.92 Å². The van der Waals surface area contributed by atoms with Gasteiger partial charge in [-0.2, -0.15) is 0 Å². The van der Waals surface area contributed by atoms with Crippen LogP contribution in [0.15, 0.2) is 48.5 Å². The van der Waals surface area contributed by atoms with Gasteiger partial charge in [-0.1, -0.05) is 30.3 Å². The molecule has 0 aliphatic heterocycles. The van der Waals surface area contributed by atoms with E-state index < -0.39 is 16.9 Å². The van der Waals surface area contributed by atoms with Crippen LogP contribution >= 0.6 is 0 Å². The third-order valence-corrected chi connectivity index (χ3v) is 3.32. The van der Waals surface area contributed by atoms with Crippen LogP contribution < -0.4 is 4.72 Å². The molecule has 110 valence electrons. The predicted molar refractivity (Wildman–Crippen MR) is 80.7 cm³/mol. The summed E-state index contributed by atoms with van der Waals surface area (Å²) in [4.78, 5) is 12.0. The van der Waals surface area contributed by atoms with Gasteiger partial charge in [-0.3, -0.25) is 4.72 Å². The number of carbonyl (C=O) groups excluding carboxylic acids is 1. The highest BCUT2D eigenvalue weighted by molar-refractivity contribution is 7.73. The summed E-state index contributed by atoms with van der Waals surface area (Å²) in [6.45, 7) is 1.92. The molecule has 1 N–H and O–H groups in total. The molecule has 5 nitrogen and oxygen atoms in total. The van der Waals surface area contributed by atoms with E-state index in [1.54, 1.807) is 19.1 Å². The maximum atomic E-state index is 12.0. The summed E-state index contributed by atoms with van der Waals surface area (Å²) in [5.41, 5.74) is 2.39. The first-order valence-corrected chi connectivity index (χ1v) is 7.47. The summed E-state index contributed by atoms with van der Waals surface area (Å²) < 4.78 is 28.7. The van der Waals surface area contributed by atoms with E-state index in [0.717, 1.165) is 5.56 Å². The number of benzene rings is 2. The Bertz CT molecular complexity index is 703. The van der Waals surface area contributed by atoms with Gasteiger partial charge in [0.1, 0.15) is 6.61 Å². The van der Waals surface area contributed by atoms with Gasteiger partial charge in [0.2, 0.25) is 10.9 Å². The number of nitrogens with one attached hydrogen (secondary N) is 1. The van der Waals surface area contributed by atoms with Crippen molar-refractivity contribution in [2.24, 2.45) is 0 Å². The quantitative estimate of drug-likeness (QED) is 0.656. The van der Waals surface area contributed by atoms with Crippen LogP contribution in [0.1, 0.15) is 21.5 Å². The fourth-order valence-corrected chi connectivity index (χ4v) is 2.22. The number of aryl methyl sites for hydroxylation is 1. The van der Waals surface area contributed by atoms with E-state index in [-0.39, 0.29) is 6.61 Å². The molecular formula is C15H15NO4S. The monoisotopic (exact) mass is 305 g/mol. The van der Waals surface area contributed by atoms with E-state index in [1.165, 1.54) is 6.07 Å². The van der Waals surface area contributed by atoms with Crippen LogP contribution in [-0.4, -0.2) is 14.4 Å². The molecule has 2 aromatic carbocycles. The Hall–Kier alpha value is -2.34. The van der Waals surface area contributed by atoms with Gasteiger partial charge in [0, 0.05) is 5.69 Å². The Balaban J connectivity index is 2.05. The number of rotatable bonds is 5. The molecule has 0 atom stereocenters. The molecule has 0 bridgehead atoms. The lowest BCUT2D eigenvalue weighted by molar-refractivity contribution is 0.0472. The van der Waals surface area contributed by atoms with Crippen LogP contribution in [0.25, 0.3) is 0 Å². The first-order valence-electron chi connectivity index (χ1n) is 6.29. The molecule has 6 heteroatoms. The lowest BCUT2D eigenvalue weighted by atomic mass is 10.1. The molecule has 0 aliphatic rings. The molecule has 0 amide bonds. The second-order valence-corrected chi connectivity index (χ2v) is 5.20. The molecule has 21 heavy (non-hydrogen) atoms. The molecule has 0 saturated heterocycles. The highest BCUT2D eigenvalue weighted by Crippen LogP contribution is 2.16. The van der Waals surface area contributed by atoms with Crippen molar-refractivity contribution in [2.45, 2.75) is 13.5 Å². The minimum absolute atomic E-state index is 0.200. The summed E-state index contributed by atoms with van der Waals surface area (Å²) in [5, 5.41) is 0. The minimum atomic E-state index is -2.72. The summed E-state index contributed by atoms with van der Waals surface area (Å²) in [5.74, 6) is -0.436. The SMILES string of the molecule is Cc1cc(N[SH](=O)=O)ccc1C(=O)OCc1ccccc1. The van der Waals surface area contributed by atoms with Crippen LogP contribution in [0.2, 0.25) is 0 Å². The van der Waals surface area contributed by atoms with Crippen molar-refractivity contribution in [3.63, 3.8) is 0 Å². The number of anilines is 1. The van der Waals surface area contributed by atoms with Crippen LogP contribution in [0.5, 0.6) is 0 Å². The topological polar surface area (TPSA) is 72.5 Å². The molecule has 0 radical (unpaired) electrons. The van der Waals surface area contributed by atoms with Crippen molar-refractivity contribution in [3.8, 4) is 0 Å². The van der Waals surface area contributed by atoms with Gasteiger partial charge in [0.05, 0.1) is 5.56 Å². The van der Waals surface area contributed by atoms with Crippen molar-refractivity contribution < 1.29 is 17.9 Å². The molecule has 0 spiro atoms. The number of carbonyl (C=O) groups is 1. The molecule has 0 saturated carbocycles. The molecule has 0 fully saturated rings. The molecule has 0 unspecified atom stereocenters. The van der Waals surface area contributed by atoms with Gasteiger partial charge in [-0.25, -0.2) is 13.2 Å². The Morgan fingerprint density at radius 1 is 1.14 bits per heavy atom. The van der Waals surface area contributed by atoms with Crippen LogP contribution in [0.3, 0.4) is 0 Å². The molecule has 0 aromatic heterocycles. The zero-order valence-corrected chi connectivity index (χ0v) is 12.3. The number of thiol groups is 1. The Kier molecular flexibility index (Phi) is 4.94. The smallest absolute Gasteiger partial charge is 0.338 e. The standard InChI is InChI=1S/C15H15NO4S/c1-11-9-13(16-21(18)19)7-8-14(11)15(17)20-10-12-5-3-2-4-6-12/h2-9,21H,10H2,1H3,(H,16,18,19). The summed E-state index contributed by atoms with van der Waals surface area (Å²) in [7, 11) is -2.72. The normalized spacial score (nSPS) is 10.4. The van der Waals surface area contributed by atoms with Gasteiger partial charge in [-0.05, 0) is 36.2 Å². The average Bonchev–Trinajstić information content (AvgIpc) is 2.45. The summed E-state index contributed by atoms with van der Waals surface area (Å²) in [6.07, 6.45) is 0. The van der Waals surface area contributed by atoms with Crippen molar-refractivity contribution in [1.29, 1.82) is 0 Å². The van der Waals surface area contributed by atoms with Crippen LogP contribution in [0.4, 0.5) is 5.69 Å².